The monoisotopic (exact) mass is 473 g/mol. The van der Waals surface area contributed by atoms with Crippen molar-refractivity contribution in [2.75, 3.05) is 12.1 Å². The Hall–Kier alpha value is -4.18. The van der Waals surface area contributed by atoms with E-state index in [9.17, 15) is 14.4 Å². The number of amides is 2. The average molecular weight is 474 g/mol. The van der Waals surface area contributed by atoms with E-state index in [-0.39, 0.29) is 12.5 Å². The second-order valence-electron chi connectivity index (χ2n) is 7.90. The van der Waals surface area contributed by atoms with Crippen LogP contribution in [-0.2, 0) is 16.1 Å². The van der Waals surface area contributed by atoms with Crippen LogP contribution in [0.1, 0.15) is 6.92 Å². The van der Waals surface area contributed by atoms with Gasteiger partial charge in [-0.3, -0.25) is 14.4 Å². The molecule has 1 unspecified atom stereocenters. The van der Waals surface area contributed by atoms with Crippen LogP contribution in [0.15, 0.2) is 71.5 Å². The molecule has 0 bridgehead atoms. The lowest BCUT2D eigenvalue weighted by Crippen LogP contribution is -2.47. The summed E-state index contributed by atoms with van der Waals surface area (Å²) < 4.78 is 2.73. The summed E-state index contributed by atoms with van der Waals surface area (Å²) >= 11 is 1.37. The highest BCUT2D eigenvalue weighted by atomic mass is 32.1. The Balaban J connectivity index is 1.36. The molecule has 9 nitrogen and oxygen atoms in total. The van der Waals surface area contributed by atoms with E-state index in [2.05, 4.69) is 15.6 Å². The van der Waals surface area contributed by atoms with Gasteiger partial charge in [0.2, 0.25) is 11.6 Å². The van der Waals surface area contributed by atoms with Gasteiger partial charge >= 0.3 is 5.91 Å². The molecule has 0 radical (unpaired) electrons. The summed E-state index contributed by atoms with van der Waals surface area (Å²) in [5.74, 6) is -0.783. The van der Waals surface area contributed by atoms with Crippen LogP contribution < -0.4 is 15.9 Å². The highest BCUT2D eigenvalue weighted by Gasteiger charge is 2.45. The third kappa shape index (κ3) is 3.77. The van der Waals surface area contributed by atoms with Crippen LogP contribution in [0.2, 0.25) is 0 Å². The second-order valence-corrected chi connectivity index (χ2v) is 8.93. The number of thiophene rings is 1. The SMILES string of the molecule is CC1=[N+](C)N(c2ccccc2)C(=O)C1NC(=O)Cn1nnc2sc(-c3ccccc3)cc2c1=O. The smallest absolute Gasteiger partial charge is 0.316 e. The number of rotatable bonds is 5. The molecule has 0 saturated heterocycles. The molecule has 3 heterocycles. The van der Waals surface area contributed by atoms with Gasteiger partial charge in [-0.05, 0) is 23.8 Å². The molecular weight excluding hydrogens is 452 g/mol. The van der Waals surface area contributed by atoms with Crippen molar-refractivity contribution in [3.8, 4) is 10.4 Å². The van der Waals surface area contributed by atoms with E-state index in [0.29, 0.717) is 21.6 Å². The first kappa shape index (κ1) is 21.7. The third-order valence-electron chi connectivity index (χ3n) is 5.76. The maximum Gasteiger partial charge on any atom is 0.316 e. The summed E-state index contributed by atoms with van der Waals surface area (Å²) in [7, 11) is 1.76. The predicted molar refractivity (Wildman–Crippen MR) is 130 cm³/mol. The van der Waals surface area contributed by atoms with Crippen molar-refractivity contribution in [2.24, 2.45) is 0 Å². The van der Waals surface area contributed by atoms with E-state index in [1.807, 2.05) is 60.7 Å². The molecule has 1 N–H and O–H groups in total. The van der Waals surface area contributed by atoms with Gasteiger partial charge in [0.15, 0.2) is 17.9 Å². The summed E-state index contributed by atoms with van der Waals surface area (Å²) in [5, 5.41) is 12.7. The number of benzene rings is 2. The second kappa shape index (κ2) is 8.64. The number of hydrazone groups is 1. The van der Waals surface area contributed by atoms with Gasteiger partial charge < -0.3 is 5.32 Å². The van der Waals surface area contributed by atoms with Crippen molar-refractivity contribution in [2.45, 2.75) is 19.5 Å². The first-order valence-corrected chi connectivity index (χ1v) is 11.4. The lowest BCUT2D eigenvalue weighted by atomic mass is 10.2. The molecule has 0 saturated carbocycles. The molecule has 0 fully saturated rings. The molecular formula is C24H21N6O3S+. The standard InChI is InChI=1S/C24H20N6O3S/c1-15-21(24(33)30(28(15)2)17-11-7-4-8-12-17)25-20(31)14-29-23(32)18-13-19(34-22(18)26-27-29)16-9-5-3-6-10-16/h3-13,21H,14H2,1-2H3/p+1. The fraction of sp³-hybridized carbons (Fsp3) is 0.167. The van der Waals surface area contributed by atoms with Crippen LogP contribution in [0.5, 0.6) is 0 Å². The zero-order valence-electron chi connectivity index (χ0n) is 18.5. The van der Waals surface area contributed by atoms with Gasteiger partial charge in [-0.25, -0.2) is 4.68 Å². The largest absolute Gasteiger partial charge is 0.334 e. The first-order valence-electron chi connectivity index (χ1n) is 10.6. The number of aromatic nitrogens is 3. The van der Waals surface area contributed by atoms with Crippen LogP contribution >= 0.6 is 11.3 Å². The number of hydrogen-bond donors (Lipinski definition) is 1. The number of anilines is 1. The Bertz CT molecular complexity index is 1490. The van der Waals surface area contributed by atoms with Gasteiger partial charge in [0, 0.05) is 11.8 Å². The molecule has 2 aromatic carbocycles. The van der Waals surface area contributed by atoms with Crippen molar-refractivity contribution >= 4 is 44.8 Å². The Morgan fingerprint density at radius 1 is 1.09 bits per heavy atom. The van der Waals surface area contributed by atoms with Gasteiger partial charge in [-0.2, -0.15) is 0 Å². The molecule has 10 heteroatoms. The predicted octanol–water partition coefficient (Wildman–Crippen LogP) is 2.07. The molecule has 34 heavy (non-hydrogen) atoms. The van der Waals surface area contributed by atoms with Gasteiger partial charge in [-0.1, -0.05) is 58.8 Å². The van der Waals surface area contributed by atoms with E-state index in [4.69, 9.17) is 0 Å². The van der Waals surface area contributed by atoms with Crippen LogP contribution in [0.3, 0.4) is 0 Å². The minimum Gasteiger partial charge on any atom is -0.334 e. The molecule has 1 atom stereocenters. The number of fused-ring (bicyclic) bond motifs is 1. The maximum atomic E-state index is 13.0. The van der Waals surface area contributed by atoms with Gasteiger partial charge in [0.1, 0.15) is 12.2 Å². The first-order chi connectivity index (χ1) is 16.4. The zero-order valence-corrected chi connectivity index (χ0v) is 19.3. The van der Waals surface area contributed by atoms with E-state index in [1.165, 1.54) is 16.3 Å². The quantitative estimate of drug-likeness (QED) is 0.448. The number of carbonyl (C=O) groups excluding carboxylic acids is 2. The van der Waals surface area contributed by atoms with Crippen molar-refractivity contribution in [3.05, 3.63) is 77.1 Å². The van der Waals surface area contributed by atoms with Crippen LogP contribution in [0.25, 0.3) is 20.7 Å². The summed E-state index contributed by atoms with van der Waals surface area (Å²) in [4.78, 5) is 40.2. The molecule has 170 valence electrons. The highest BCUT2D eigenvalue weighted by Crippen LogP contribution is 2.30. The minimum absolute atomic E-state index is 0.279. The summed E-state index contributed by atoms with van der Waals surface area (Å²) in [5.41, 5.74) is 1.94. The van der Waals surface area contributed by atoms with Gasteiger partial charge in [0.05, 0.1) is 5.39 Å². The normalized spacial score (nSPS) is 15.9. The van der Waals surface area contributed by atoms with E-state index < -0.39 is 17.5 Å². The topological polar surface area (TPSA) is 100 Å². The fourth-order valence-corrected chi connectivity index (χ4v) is 4.88. The number of carbonyl (C=O) groups is 2. The van der Waals surface area contributed by atoms with Crippen LogP contribution in [-0.4, -0.2) is 50.3 Å². The number of hydrogen-bond acceptors (Lipinski definition) is 6. The molecule has 1 aliphatic rings. The Morgan fingerprint density at radius 3 is 2.47 bits per heavy atom. The Morgan fingerprint density at radius 2 is 1.76 bits per heavy atom. The number of nitrogens with zero attached hydrogens (tertiary/aromatic N) is 5. The molecule has 5 rings (SSSR count). The molecule has 2 amide bonds. The summed E-state index contributed by atoms with van der Waals surface area (Å²) in [6, 6.07) is 19.8. The van der Waals surface area contributed by atoms with Crippen LogP contribution in [0.4, 0.5) is 5.69 Å². The van der Waals surface area contributed by atoms with Gasteiger partial charge in [0.25, 0.3) is 5.56 Å². The molecule has 1 aliphatic heterocycles. The van der Waals surface area contributed by atoms with Crippen molar-refractivity contribution < 1.29 is 14.3 Å². The molecule has 4 aromatic rings. The highest BCUT2D eigenvalue weighted by molar-refractivity contribution is 7.21. The third-order valence-corrected chi connectivity index (χ3v) is 6.83. The molecule has 2 aromatic heterocycles. The average Bonchev–Trinajstić information content (AvgIpc) is 3.38. The minimum atomic E-state index is -0.837. The van der Waals surface area contributed by atoms with Gasteiger partial charge in [-0.15, -0.1) is 21.1 Å². The fourth-order valence-electron chi connectivity index (χ4n) is 3.90. The molecule has 0 aliphatic carbocycles. The van der Waals surface area contributed by atoms with E-state index >= 15 is 0 Å². The number of nitrogens with one attached hydrogen (secondary N) is 1. The maximum absolute atomic E-state index is 13.0. The van der Waals surface area contributed by atoms with Crippen LogP contribution in [0, 0.1) is 0 Å². The summed E-state index contributed by atoms with van der Waals surface area (Å²) in [6.45, 7) is 1.44. The number of para-hydroxylation sites is 1. The van der Waals surface area contributed by atoms with Crippen molar-refractivity contribution in [1.82, 2.24) is 20.3 Å². The lowest BCUT2D eigenvalue weighted by Gasteiger charge is -2.12. The van der Waals surface area contributed by atoms with Crippen molar-refractivity contribution in [3.63, 3.8) is 0 Å². The van der Waals surface area contributed by atoms with Crippen molar-refractivity contribution in [1.29, 1.82) is 0 Å². The Kier molecular flexibility index (Phi) is 5.50. The number of hydrazine groups is 1. The summed E-state index contributed by atoms with van der Waals surface area (Å²) in [6.07, 6.45) is 0. The molecule has 0 spiro atoms. The van der Waals surface area contributed by atoms with E-state index in [1.54, 1.807) is 24.7 Å². The Labute approximate surface area is 198 Å². The zero-order chi connectivity index (χ0) is 23.8. The lowest BCUT2D eigenvalue weighted by molar-refractivity contribution is -0.495. The van der Waals surface area contributed by atoms with E-state index in [0.717, 1.165) is 15.1 Å².